The van der Waals surface area contributed by atoms with Crippen molar-refractivity contribution in [2.75, 3.05) is 26.4 Å². The summed E-state index contributed by atoms with van der Waals surface area (Å²) in [6.45, 7) is 8.08. The molecule has 1 unspecified atom stereocenters. The van der Waals surface area contributed by atoms with E-state index in [1.807, 2.05) is 0 Å². The summed E-state index contributed by atoms with van der Waals surface area (Å²) in [6.07, 6.45) is 1.22. The standard InChI is InChI=1S/C15H23NO7/c1-5-11(3)21-9-13(10-22-14(18)6-2)23-15(19)16-7-8-20-12(4)17/h5-6,13H,2,7-10H2,1,3-4H3,(H,16,19)/b11-5+. The van der Waals surface area contributed by atoms with E-state index in [4.69, 9.17) is 14.2 Å². The molecule has 0 heterocycles. The highest BCUT2D eigenvalue weighted by Crippen LogP contribution is 2.02. The van der Waals surface area contributed by atoms with E-state index < -0.39 is 24.1 Å². The van der Waals surface area contributed by atoms with Crippen molar-refractivity contribution in [2.45, 2.75) is 26.9 Å². The van der Waals surface area contributed by atoms with Crippen molar-refractivity contribution in [3.8, 4) is 0 Å². The first kappa shape index (κ1) is 20.5. The van der Waals surface area contributed by atoms with Gasteiger partial charge >= 0.3 is 18.0 Å². The second-order valence-electron chi connectivity index (χ2n) is 4.34. The molecule has 0 aliphatic rings. The van der Waals surface area contributed by atoms with Crippen LogP contribution in [-0.4, -0.2) is 50.5 Å². The largest absolute Gasteiger partial charge is 0.495 e. The number of hydrogen-bond acceptors (Lipinski definition) is 7. The van der Waals surface area contributed by atoms with Crippen LogP contribution in [0.2, 0.25) is 0 Å². The van der Waals surface area contributed by atoms with Gasteiger partial charge < -0.3 is 24.3 Å². The summed E-state index contributed by atoms with van der Waals surface area (Å²) < 4.78 is 19.9. The van der Waals surface area contributed by atoms with Crippen LogP contribution in [0.3, 0.4) is 0 Å². The number of esters is 2. The molecule has 1 N–H and O–H groups in total. The topological polar surface area (TPSA) is 100 Å². The molecule has 0 saturated carbocycles. The molecule has 0 aliphatic carbocycles. The van der Waals surface area contributed by atoms with Crippen LogP contribution in [-0.2, 0) is 28.5 Å². The van der Waals surface area contributed by atoms with Crippen LogP contribution in [0.4, 0.5) is 4.79 Å². The van der Waals surface area contributed by atoms with Gasteiger partial charge in [0.15, 0.2) is 6.10 Å². The van der Waals surface area contributed by atoms with Gasteiger partial charge in [-0.15, -0.1) is 0 Å². The van der Waals surface area contributed by atoms with Crippen molar-refractivity contribution in [1.29, 1.82) is 0 Å². The van der Waals surface area contributed by atoms with Gasteiger partial charge in [-0.25, -0.2) is 9.59 Å². The van der Waals surface area contributed by atoms with Crippen LogP contribution >= 0.6 is 0 Å². The second-order valence-corrected chi connectivity index (χ2v) is 4.34. The third-order valence-electron chi connectivity index (χ3n) is 2.43. The van der Waals surface area contributed by atoms with E-state index in [-0.39, 0.29) is 26.4 Å². The number of carbonyl (C=O) groups is 3. The number of hydrogen-bond donors (Lipinski definition) is 1. The molecule has 8 nitrogen and oxygen atoms in total. The first-order valence-electron chi connectivity index (χ1n) is 7.01. The predicted octanol–water partition coefficient (Wildman–Crippen LogP) is 1.31. The lowest BCUT2D eigenvalue weighted by atomic mass is 10.4. The average molecular weight is 329 g/mol. The van der Waals surface area contributed by atoms with Crippen molar-refractivity contribution in [2.24, 2.45) is 0 Å². The third kappa shape index (κ3) is 11.8. The van der Waals surface area contributed by atoms with Gasteiger partial charge in [-0.1, -0.05) is 12.7 Å². The predicted molar refractivity (Wildman–Crippen MR) is 81.4 cm³/mol. The van der Waals surface area contributed by atoms with E-state index in [1.54, 1.807) is 19.9 Å². The quantitative estimate of drug-likeness (QED) is 0.212. The van der Waals surface area contributed by atoms with Gasteiger partial charge in [0.2, 0.25) is 0 Å². The molecular formula is C15H23NO7. The molecule has 0 radical (unpaired) electrons. The maximum Gasteiger partial charge on any atom is 0.407 e. The smallest absolute Gasteiger partial charge is 0.407 e. The van der Waals surface area contributed by atoms with Gasteiger partial charge in [0, 0.05) is 13.0 Å². The molecule has 1 atom stereocenters. The number of ether oxygens (including phenoxy) is 4. The molecule has 0 aromatic heterocycles. The molecular weight excluding hydrogens is 306 g/mol. The molecule has 0 aromatic rings. The van der Waals surface area contributed by atoms with Crippen molar-refractivity contribution in [3.05, 3.63) is 24.5 Å². The zero-order valence-electron chi connectivity index (χ0n) is 13.6. The third-order valence-corrected chi connectivity index (χ3v) is 2.43. The van der Waals surface area contributed by atoms with Crippen LogP contribution < -0.4 is 5.32 Å². The van der Waals surface area contributed by atoms with Gasteiger partial charge in [0.05, 0.1) is 12.3 Å². The Balaban J connectivity index is 4.30. The molecule has 0 rings (SSSR count). The zero-order valence-corrected chi connectivity index (χ0v) is 13.6. The van der Waals surface area contributed by atoms with Gasteiger partial charge in [-0.2, -0.15) is 0 Å². The van der Waals surface area contributed by atoms with Crippen LogP contribution in [0, 0.1) is 0 Å². The number of alkyl carbamates (subject to hydrolysis) is 1. The van der Waals surface area contributed by atoms with Gasteiger partial charge in [0.25, 0.3) is 0 Å². The Labute approximate surface area is 135 Å². The summed E-state index contributed by atoms with van der Waals surface area (Å²) in [5.41, 5.74) is 0. The molecule has 0 spiro atoms. The number of carbonyl (C=O) groups excluding carboxylic acids is 3. The fourth-order valence-electron chi connectivity index (χ4n) is 1.20. The molecule has 8 heteroatoms. The number of rotatable bonds is 10. The Kier molecular flexibility index (Phi) is 10.8. The van der Waals surface area contributed by atoms with Crippen LogP contribution in [0.25, 0.3) is 0 Å². The minimum Gasteiger partial charge on any atom is -0.495 e. The zero-order chi connectivity index (χ0) is 17.7. The molecule has 0 bridgehead atoms. The summed E-state index contributed by atoms with van der Waals surface area (Å²) >= 11 is 0. The van der Waals surface area contributed by atoms with Gasteiger partial charge in [-0.05, 0) is 13.8 Å². The normalized spacial score (nSPS) is 11.9. The molecule has 0 saturated heterocycles. The molecule has 23 heavy (non-hydrogen) atoms. The van der Waals surface area contributed by atoms with Crippen molar-refractivity contribution >= 4 is 18.0 Å². The van der Waals surface area contributed by atoms with E-state index in [0.717, 1.165) is 6.08 Å². The Hall–Kier alpha value is -2.51. The van der Waals surface area contributed by atoms with E-state index in [1.165, 1.54) is 6.92 Å². The fraction of sp³-hybridized carbons (Fsp3) is 0.533. The highest BCUT2D eigenvalue weighted by Gasteiger charge is 2.17. The highest BCUT2D eigenvalue weighted by atomic mass is 16.6. The second kappa shape index (κ2) is 12.1. The molecule has 130 valence electrons. The van der Waals surface area contributed by atoms with Crippen molar-refractivity contribution in [3.63, 3.8) is 0 Å². The summed E-state index contributed by atoms with van der Waals surface area (Å²) in [5.74, 6) is -0.426. The summed E-state index contributed by atoms with van der Waals surface area (Å²) in [7, 11) is 0. The van der Waals surface area contributed by atoms with Crippen LogP contribution in [0.5, 0.6) is 0 Å². The van der Waals surface area contributed by atoms with E-state index >= 15 is 0 Å². The molecule has 0 aliphatic heterocycles. The fourth-order valence-corrected chi connectivity index (χ4v) is 1.20. The van der Waals surface area contributed by atoms with E-state index in [2.05, 4.69) is 16.6 Å². The molecule has 0 aromatic carbocycles. The SMILES string of the molecule is C=CC(=O)OCC(CO/C(C)=C/C)OC(=O)NCCOC(C)=O. The van der Waals surface area contributed by atoms with Crippen LogP contribution in [0.15, 0.2) is 24.5 Å². The maximum atomic E-state index is 11.6. The van der Waals surface area contributed by atoms with Gasteiger partial charge in [0.1, 0.15) is 19.8 Å². The lowest BCUT2D eigenvalue weighted by Gasteiger charge is -2.18. The van der Waals surface area contributed by atoms with E-state index in [0.29, 0.717) is 5.76 Å². The Morgan fingerprint density at radius 1 is 1.13 bits per heavy atom. The van der Waals surface area contributed by atoms with Crippen molar-refractivity contribution in [1.82, 2.24) is 5.32 Å². The lowest BCUT2D eigenvalue weighted by Crippen LogP contribution is -2.36. The molecule has 0 fully saturated rings. The number of allylic oxidation sites excluding steroid dienone is 2. The lowest BCUT2D eigenvalue weighted by molar-refractivity contribution is -0.141. The Bertz CT molecular complexity index is 439. The Morgan fingerprint density at radius 3 is 2.35 bits per heavy atom. The minimum absolute atomic E-state index is 0.0258. The average Bonchev–Trinajstić information content (AvgIpc) is 2.53. The van der Waals surface area contributed by atoms with Crippen LogP contribution in [0.1, 0.15) is 20.8 Å². The van der Waals surface area contributed by atoms with E-state index in [9.17, 15) is 14.4 Å². The maximum absolute atomic E-state index is 11.6. The van der Waals surface area contributed by atoms with Crippen molar-refractivity contribution < 1.29 is 33.3 Å². The monoisotopic (exact) mass is 329 g/mol. The first-order valence-corrected chi connectivity index (χ1v) is 7.01. The summed E-state index contributed by atoms with van der Waals surface area (Å²) in [6, 6.07) is 0. The summed E-state index contributed by atoms with van der Waals surface area (Å²) in [4.78, 5) is 33.3. The molecule has 1 amide bonds. The first-order chi connectivity index (χ1) is 10.9. The minimum atomic E-state index is -0.789. The highest BCUT2D eigenvalue weighted by molar-refractivity contribution is 5.81. The van der Waals surface area contributed by atoms with Gasteiger partial charge in [-0.3, -0.25) is 4.79 Å². The number of amides is 1. The number of nitrogens with one attached hydrogen (secondary N) is 1. The summed E-state index contributed by atoms with van der Waals surface area (Å²) in [5, 5.41) is 2.40. The Morgan fingerprint density at radius 2 is 1.78 bits per heavy atom.